The van der Waals surface area contributed by atoms with Crippen LogP contribution in [0.25, 0.3) is 0 Å². The van der Waals surface area contributed by atoms with Crippen LogP contribution >= 0.6 is 0 Å². The molecule has 5 heteroatoms. The molecule has 36 valence electrons. The predicted molar refractivity (Wildman–Crippen MR) is 3.30 cm³/mol. The summed E-state index contributed by atoms with van der Waals surface area (Å²) in [6.07, 6.45) is 0. The Hall–Kier alpha value is 1.14. The monoisotopic (exact) mass is 212 g/mol. The minimum Gasteiger partial charge on any atom is -0.0104 e. The number of hydrogen-bond donors (Lipinski definition) is 0. The summed E-state index contributed by atoms with van der Waals surface area (Å²) in [5, 5.41) is 1.25. The second-order valence-electron chi connectivity index (χ2n) is 0.0583. The van der Waals surface area contributed by atoms with Gasteiger partial charge in [-0.1, -0.05) is 0 Å². The Morgan fingerprint density at radius 2 is 1.20 bits per heavy atom. The first-order valence-corrected chi connectivity index (χ1v) is 0.309. The van der Waals surface area contributed by atoms with Crippen LogP contribution in [0.3, 0.4) is 0 Å². The van der Waals surface area contributed by atoms with Crippen molar-refractivity contribution in [2.24, 2.45) is 0 Å². The fraction of sp³-hybridized carbons (Fsp3) is 0. The van der Waals surface area contributed by atoms with Crippen molar-refractivity contribution in [1.82, 2.24) is 0 Å². The third-order valence-electron chi connectivity index (χ3n) is 0. The molecule has 0 heterocycles. The first-order valence-electron chi connectivity index (χ1n) is 0.309. The summed E-state index contributed by atoms with van der Waals surface area (Å²) >= 11 is 0. The van der Waals surface area contributed by atoms with Crippen molar-refractivity contribution >= 4 is 0 Å². The standard InChI is InChI=1S/Ag.F2O.V/c;1-3-2;. The molecule has 0 aromatic rings. The van der Waals surface area contributed by atoms with Crippen molar-refractivity contribution in [3.8, 4) is 0 Å². The molecule has 0 amide bonds. The molecule has 2 radical (unpaired) electrons. The van der Waals surface area contributed by atoms with E-state index < -0.39 is 0 Å². The van der Waals surface area contributed by atoms with Crippen LogP contribution in [0.4, 0.5) is 9.05 Å². The van der Waals surface area contributed by atoms with Gasteiger partial charge in [0.25, 0.3) is 0 Å². The van der Waals surface area contributed by atoms with Gasteiger partial charge < -0.3 is 0 Å². The molecule has 0 aliphatic carbocycles. The first kappa shape index (κ1) is 16.4. The van der Waals surface area contributed by atoms with Gasteiger partial charge in [0.05, 0.1) is 0 Å². The van der Waals surface area contributed by atoms with Crippen LogP contribution in [0.1, 0.15) is 0 Å². The third kappa shape index (κ3) is 38.8. The van der Waals surface area contributed by atoms with Gasteiger partial charge in [0.1, 0.15) is 0 Å². The molecule has 0 aromatic heterocycles. The Kier molecular flexibility index (Phi) is 63.2. The fourth-order valence-corrected chi connectivity index (χ4v) is 0. The van der Waals surface area contributed by atoms with Gasteiger partial charge in [-0.2, -0.15) is 0 Å². The minimum absolute atomic E-state index is 0. The fourth-order valence-electron chi connectivity index (χ4n) is 0. The number of rotatable bonds is 0. The Bertz CT molecular complexity index is 9.61. The van der Waals surface area contributed by atoms with E-state index in [-0.39, 0.29) is 40.9 Å². The van der Waals surface area contributed by atoms with Gasteiger partial charge in [0, 0.05) is 46.1 Å². The van der Waals surface area contributed by atoms with Crippen LogP contribution in [-0.4, -0.2) is 0 Å². The molecule has 1 nitrogen and oxygen atoms in total. The molecule has 0 aliphatic heterocycles. The van der Waals surface area contributed by atoms with Gasteiger partial charge in [-0.15, -0.1) is 0 Å². The zero-order valence-corrected chi connectivity index (χ0v) is 4.79. The molecule has 0 rings (SSSR count). The van der Waals surface area contributed by atoms with Crippen LogP contribution in [0.15, 0.2) is 0 Å². The largest absolute Gasteiger partial charge is 0.0209 e. The topological polar surface area (TPSA) is 9.23 Å². The van der Waals surface area contributed by atoms with E-state index in [2.05, 4.69) is 0 Å². The average Bonchev–Trinajstić information content (AvgIpc) is 0.918. The van der Waals surface area contributed by atoms with E-state index in [1.165, 1.54) is 5.15 Å². The van der Waals surface area contributed by atoms with Crippen LogP contribution in [0.5, 0.6) is 0 Å². The Morgan fingerprint density at radius 1 is 1.20 bits per heavy atom. The van der Waals surface area contributed by atoms with E-state index >= 15 is 0 Å². The van der Waals surface area contributed by atoms with Crippen molar-refractivity contribution < 1.29 is 55.1 Å². The van der Waals surface area contributed by atoms with E-state index in [1.807, 2.05) is 0 Å². The molecule has 0 aliphatic rings. The molecule has 0 N–H and O–H groups in total. The van der Waals surface area contributed by atoms with Gasteiger partial charge in [0.2, 0.25) is 0 Å². The minimum atomic E-state index is 0. The predicted octanol–water partition coefficient (Wildman–Crippen LogP) is 0.767. The summed E-state index contributed by atoms with van der Waals surface area (Å²) in [6.45, 7) is 0. The van der Waals surface area contributed by atoms with Crippen LogP contribution in [0, 0.1) is 0 Å². The summed E-state index contributed by atoms with van der Waals surface area (Å²) in [5.74, 6) is 0. The van der Waals surface area contributed by atoms with Gasteiger partial charge in [0.15, 0.2) is 0 Å². The van der Waals surface area contributed by atoms with Gasteiger partial charge in [-0.25, -0.2) is 0 Å². The SMILES string of the molecule is FOF.[Ag].[V]. The van der Waals surface area contributed by atoms with Crippen molar-refractivity contribution in [2.45, 2.75) is 0 Å². The van der Waals surface area contributed by atoms with Crippen molar-refractivity contribution in [1.29, 1.82) is 0 Å². The molecule has 0 fully saturated rings. The van der Waals surface area contributed by atoms with E-state index in [1.54, 1.807) is 0 Å². The molecule has 0 spiro atoms. The summed E-state index contributed by atoms with van der Waals surface area (Å²) in [5.41, 5.74) is 0. The third-order valence-corrected chi connectivity index (χ3v) is 0. The molecular formula is AgF2OV. The van der Waals surface area contributed by atoms with E-state index in [4.69, 9.17) is 9.05 Å². The van der Waals surface area contributed by atoms with E-state index in [9.17, 15) is 0 Å². The normalized spacial score (nSPS) is 3.60. The summed E-state index contributed by atoms with van der Waals surface area (Å²) in [7, 11) is 0. The molecule has 0 unspecified atom stereocenters. The molecule has 0 saturated heterocycles. The summed E-state index contributed by atoms with van der Waals surface area (Å²) < 4.78 is 18.2. The van der Waals surface area contributed by atoms with Gasteiger partial charge >= 0.3 is 0 Å². The summed E-state index contributed by atoms with van der Waals surface area (Å²) in [6, 6.07) is 0. The van der Waals surface area contributed by atoms with Crippen molar-refractivity contribution in [3.05, 3.63) is 0 Å². The van der Waals surface area contributed by atoms with E-state index in [0.717, 1.165) is 0 Å². The molecule has 0 aromatic carbocycles. The van der Waals surface area contributed by atoms with E-state index in [0.29, 0.717) is 0 Å². The number of hydrogen-bond acceptors (Lipinski definition) is 1. The van der Waals surface area contributed by atoms with Gasteiger partial charge in [-0.05, 0) is 9.05 Å². The average molecular weight is 213 g/mol. The van der Waals surface area contributed by atoms with Crippen LogP contribution in [0.2, 0.25) is 0 Å². The quantitative estimate of drug-likeness (QED) is 0.539. The maximum absolute atomic E-state index is 9.12. The van der Waals surface area contributed by atoms with Crippen LogP contribution < -0.4 is 0 Å². The maximum atomic E-state index is 9.12. The Morgan fingerprint density at radius 3 is 1.20 bits per heavy atom. The second-order valence-corrected chi connectivity index (χ2v) is 0.0583. The molecular weight excluding hydrogens is 213 g/mol. The zero-order valence-electron chi connectivity index (χ0n) is 1.91. The maximum Gasteiger partial charge on any atom is 0.0209 e. The Labute approximate surface area is 55.3 Å². The molecule has 0 saturated carbocycles. The van der Waals surface area contributed by atoms with Crippen LogP contribution in [-0.2, 0) is 46.1 Å². The second kappa shape index (κ2) is 19.2. The molecule has 0 bridgehead atoms. The van der Waals surface area contributed by atoms with Gasteiger partial charge in [-0.3, -0.25) is 0 Å². The molecule has 0 atom stereocenters. The van der Waals surface area contributed by atoms with Crippen molar-refractivity contribution in [3.63, 3.8) is 0 Å². The van der Waals surface area contributed by atoms with Crippen molar-refractivity contribution in [2.75, 3.05) is 0 Å². The Balaban J connectivity index is -0.0000000200. The first-order chi connectivity index (χ1) is 1.41. The summed E-state index contributed by atoms with van der Waals surface area (Å²) in [4.78, 5) is 0. The smallest absolute Gasteiger partial charge is 0.0104 e. The zero-order chi connectivity index (χ0) is 2.71. The molecule has 5 heavy (non-hydrogen) atoms. The number of halogens is 2.